The molecule has 2 N–H and O–H groups in total. The zero-order valence-corrected chi connectivity index (χ0v) is 15.4. The quantitative estimate of drug-likeness (QED) is 0.564. The summed E-state index contributed by atoms with van der Waals surface area (Å²) in [7, 11) is 0. The third-order valence-electron chi connectivity index (χ3n) is 4.34. The van der Waals surface area contributed by atoms with Crippen molar-refractivity contribution >= 4 is 50.0 Å². The first-order chi connectivity index (χ1) is 12.6. The molecule has 0 atom stereocenters. The summed E-state index contributed by atoms with van der Waals surface area (Å²) in [5.74, 6) is -0.195. The highest BCUT2D eigenvalue weighted by Gasteiger charge is 2.18. The fourth-order valence-corrected chi connectivity index (χ4v) is 4.35. The van der Waals surface area contributed by atoms with E-state index in [0.717, 1.165) is 10.9 Å². The van der Waals surface area contributed by atoms with E-state index in [1.807, 2.05) is 35.0 Å². The van der Waals surface area contributed by atoms with Crippen LogP contribution in [0.2, 0.25) is 5.02 Å². The third kappa shape index (κ3) is 2.79. The number of thiophene rings is 1. The molecule has 0 spiro atoms. The van der Waals surface area contributed by atoms with Crippen LogP contribution in [0.1, 0.15) is 15.2 Å². The summed E-state index contributed by atoms with van der Waals surface area (Å²) in [5.41, 5.74) is 1.47. The summed E-state index contributed by atoms with van der Waals surface area (Å²) >= 11 is 7.42. The highest BCUT2D eigenvalue weighted by atomic mass is 35.5. The van der Waals surface area contributed by atoms with Crippen LogP contribution in [-0.2, 0) is 6.54 Å². The molecule has 0 aliphatic carbocycles. The van der Waals surface area contributed by atoms with Gasteiger partial charge >= 0.3 is 0 Å². The number of benzene rings is 1. The molecular weight excluding hydrogens is 372 g/mol. The zero-order chi connectivity index (χ0) is 18.3. The van der Waals surface area contributed by atoms with Gasteiger partial charge in [0.05, 0.1) is 16.6 Å². The summed E-state index contributed by atoms with van der Waals surface area (Å²) in [4.78, 5) is 32.2. The van der Waals surface area contributed by atoms with Gasteiger partial charge in [0.1, 0.15) is 4.83 Å². The zero-order valence-electron chi connectivity index (χ0n) is 13.9. The van der Waals surface area contributed by atoms with Crippen LogP contribution < -0.4 is 10.9 Å². The molecule has 26 heavy (non-hydrogen) atoms. The number of nitrogens with one attached hydrogen (secondary N) is 2. The van der Waals surface area contributed by atoms with Crippen LogP contribution in [0.25, 0.3) is 21.1 Å². The Labute approximate surface area is 157 Å². The van der Waals surface area contributed by atoms with Gasteiger partial charge in [0.15, 0.2) is 0 Å². The van der Waals surface area contributed by atoms with Crippen molar-refractivity contribution < 1.29 is 4.79 Å². The second kappa shape index (κ2) is 6.59. The predicted octanol–water partition coefficient (Wildman–Crippen LogP) is 3.33. The molecule has 132 valence electrons. The summed E-state index contributed by atoms with van der Waals surface area (Å²) in [6.07, 6.45) is 3.31. The van der Waals surface area contributed by atoms with Gasteiger partial charge in [-0.3, -0.25) is 9.59 Å². The van der Waals surface area contributed by atoms with Gasteiger partial charge < -0.3 is 14.9 Å². The number of aryl methyl sites for hydroxylation is 1. The molecule has 0 saturated carbocycles. The van der Waals surface area contributed by atoms with E-state index in [9.17, 15) is 9.59 Å². The molecule has 0 bridgehead atoms. The molecule has 0 radical (unpaired) electrons. The van der Waals surface area contributed by atoms with Gasteiger partial charge in [-0.2, -0.15) is 0 Å². The molecule has 0 saturated heterocycles. The maximum absolute atomic E-state index is 12.5. The van der Waals surface area contributed by atoms with E-state index in [4.69, 9.17) is 11.6 Å². The highest BCUT2D eigenvalue weighted by molar-refractivity contribution is 7.20. The van der Waals surface area contributed by atoms with Crippen molar-refractivity contribution in [2.75, 3.05) is 6.54 Å². The number of aromatic nitrogens is 3. The first kappa shape index (κ1) is 16.8. The summed E-state index contributed by atoms with van der Waals surface area (Å²) in [6.45, 7) is 2.86. The molecular formula is C18H15ClN4O2S. The van der Waals surface area contributed by atoms with Gasteiger partial charge in [0.2, 0.25) is 0 Å². The summed E-state index contributed by atoms with van der Waals surface area (Å²) in [6, 6.07) is 7.73. The number of carbonyl (C=O) groups excluding carboxylic acids is 1. The minimum absolute atomic E-state index is 0.195. The Morgan fingerprint density at radius 3 is 3.04 bits per heavy atom. The molecule has 8 heteroatoms. The SMILES string of the molecule is Cc1c(C(=O)NCCn2ccc3c(Cl)cccc32)sc2nc[nH]c(=O)c12. The molecule has 3 aromatic heterocycles. The fourth-order valence-electron chi connectivity index (χ4n) is 3.05. The lowest BCUT2D eigenvalue weighted by atomic mass is 10.2. The first-order valence-corrected chi connectivity index (χ1v) is 9.24. The average Bonchev–Trinajstić information content (AvgIpc) is 3.18. The Balaban J connectivity index is 1.51. The monoisotopic (exact) mass is 386 g/mol. The fraction of sp³-hybridized carbons (Fsp3) is 0.167. The number of rotatable bonds is 4. The molecule has 4 rings (SSSR count). The topological polar surface area (TPSA) is 79.8 Å². The van der Waals surface area contributed by atoms with Crippen molar-refractivity contribution in [2.24, 2.45) is 0 Å². The number of amides is 1. The van der Waals surface area contributed by atoms with Gasteiger partial charge in [-0.15, -0.1) is 11.3 Å². The highest BCUT2D eigenvalue weighted by Crippen LogP contribution is 2.26. The summed E-state index contributed by atoms with van der Waals surface area (Å²) in [5, 5.41) is 5.10. The Kier molecular flexibility index (Phi) is 4.26. The van der Waals surface area contributed by atoms with E-state index >= 15 is 0 Å². The van der Waals surface area contributed by atoms with Gasteiger partial charge in [0, 0.05) is 35.2 Å². The second-order valence-corrected chi connectivity index (χ2v) is 7.31. The van der Waals surface area contributed by atoms with Crippen molar-refractivity contribution in [1.29, 1.82) is 0 Å². The van der Waals surface area contributed by atoms with Crippen LogP contribution in [0.5, 0.6) is 0 Å². The molecule has 1 aromatic carbocycles. The Morgan fingerprint density at radius 1 is 1.38 bits per heavy atom. The van der Waals surface area contributed by atoms with Gasteiger partial charge in [-0.1, -0.05) is 17.7 Å². The number of fused-ring (bicyclic) bond motifs is 2. The number of halogens is 1. The van der Waals surface area contributed by atoms with Crippen molar-refractivity contribution in [3.63, 3.8) is 0 Å². The average molecular weight is 387 g/mol. The van der Waals surface area contributed by atoms with Crippen LogP contribution in [0, 0.1) is 6.92 Å². The van der Waals surface area contributed by atoms with Crippen molar-refractivity contribution in [3.05, 3.63) is 62.6 Å². The van der Waals surface area contributed by atoms with Crippen LogP contribution in [-0.4, -0.2) is 27.0 Å². The lowest BCUT2D eigenvalue weighted by Crippen LogP contribution is -2.26. The van der Waals surface area contributed by atoms with Crippen molar-refractivity contribution in [2.45, 2.75) is 13.5 Å². The molecule has 6 nitrogen and oxygen atoms in total. The Bertz CT molecular complexity index is 1190. The second-order valence-electron chi connectivity index (χ2n) is 5.91. The third-order valence-corrected chi connectivity index (χ3v) is 5.87. The molecule has 0 aliphatic heterocycles. The summed E-state index contributed by atoms with van der Waals surface area (Å²) < 4.78 is 2.05. The Morgan fingerprint density at radius 2 is 2.23 bits per heavy atom. The smallest absolute Gasteiger partial charge is 0.261 e. The Hall–Kier alpha value is -2.64. The molecule has 0 fully saturated rings. The van der Waals surface area contributed by atoms with Gasteiger partial charge in [0.25, 0.3) is 11.5 Å². The van der Waals surface area contributed by atoms with Crippen LogP contribution in [0.15, 0.2) is 41.6 Å². The molecule has 1 amide bonds. The molecule has 0 unspecified atom stereocenters. The van der Waals surface area contributed by atoms with E-state index in [1.54, 1.807) is 6.92 Å². The minimum Gasteiger partial charge on any atom is -0.350 e. The van der Waals surface area contributed by atoms with Crippen LogP contribution in [0.4, 0.5) is 0 Å². The van der Waals surface area contributed by atoms with Crippen LogP contribution in [0.3, 0.4) is 0 Å². The number of hydrogen-bond donors (Lipinski definition) is 2. The maximum Gasteiger partial charge on any atom is 0.261 e. The maximum atomic E-state index is 12.5. The molecule has 0 aliphatic rings. The lowest BCUT2D eigenvalue weighted by molar-refractivity contribution is 0.0956. The van der Waals surface area contributed by atoms with E-state index in [1.165, 1.54) is 17.7 Å². The van der Waals surface area contributed by atoms with E-state index in [-0.39, 0.29) is 11.5 Å². The standard InChI is InChI=1S/C18H15ClN4O2S/c1-10-14-16(24)21-9-22-18(14)26-15(10)17(25)20-6-8-23-7-5-11-12(19)3-2-4-13(11)23/h2-5,7,9H,6,8H2,1H3,(H,20,25)(H,21,22,24). The van der Waals surface area contributed by atoms with E-state index < -0.39 is 0 Å². The van der Waals surface area contributed by atoms with E-state index in [2.05, 4.69) is 15.3 Å². The van der Waals surface area contributed by atoms with Gasteiger partial charge in [-0.05, 0) is 30.7 Å². The van der Waals surface area contributed by atoms with Crippen molar-refractivity contribution in [3.8, 4) is 0 Å². The predicted molar refractivity (Wildman–Crippen MR) is 104 cm³/mol. The first-order valence-electron chi connectivity index (χ1n) is 8.04. The number of hydrogen-bond acceptors (Lipinski definition) is 4. The lowest BCUT2D eigenvalue weighted by Gasteiger charge is -2.07. The van der Waals surface area contributed by atoms with Gasteiger partial charge in [-0.25, -0.2) is 4.98 Å². The number of nitrogens with zero attached hydrogens (tertiary/aromatic N) is 2. The minimum atomic E-state index is -0.224. The van der Waals surface area contributed by atoms with E-state index in [0.29, 0.717) is 38.8 Å². The number of H-pyrrole nitrogens is 1. The molecule has 3 heterocycles. The van der Waals surface area contributed by atoms with Crippen molar-refractivity contribution in [1.82, 2.24) is 19.9 Å². The number of carbonyl (C=O) groups is 1. The number of aromatic amines is 1. The van der Waals surface area contributed by atoms with Crippen LogP contribution >= 0.6 is 22.9 Å². The normalized spacial score (nSPS) is 11.3. The molecule has 4 aromatic rings. The largest absolute Gasteiger partial charge is 0.350 e.